The molecule has 3 rings (SSSR count). The first-order chi connectivity index (χ1) is 10.3. The Morgan fingerprint density at radius 1 is 1.27 bits per heavy atom. The second-order valence-electron chi connectivity index (χ2n) is 5.19. The molecule has 0 spiro atoms. The summed E-state index contributed by atoms with van der Waals surface area (Å²) >= 11 is 0. The molecular weight excluding hydrogens is 310 g/mol. The maximum atomic E-state index is 12.2. The van der Waals surface area contributed by atoms with Crippen molar-refractivity contribution in [2.75, 3.05) is 31.6 Å². The Morgan fingerprint density at radius 3 is 2.59 bits per heavy atom. The van der Waals surface area contributed by atoms with Gasteiger partial charge in [-0.3, -0.25) is 9.59 Å². The molecule has 1 aromatic carbocycles. The van der Waals surface area contributed by atoms with Gasteiger partial charge < -0.3 is 9.64 Å². The lowest BCUT2D eigenvalue weighted by molar-refractivity contribution is -0.117. The Labute approximate surface area is 127 Å². The summed E-state index contributed by atoms with van der Waals surface area (Å²) in [5.74, 6) is -0.486. The molecule has 8 nitrogen and oxygen atoms in total. The molecule has 2 amide bonds. The Hall–Kier alpha value is -2.29. The van der Waals surface area contributed by atoms with E-state index in [0.717, 1.165) is 9.87 Å². The van der Waals surface area contributed by atoms with Gasteiger partial charge in [-0.1, -0.05) is 0 Å². The van der Waals surface area contributed by atoms with Crippen molar-refractivity contribution in [2.45, 2.75) is 6.42 Å². The molecule has 1 saturated heterocycles. The molecule has 1 N–H and O–H groups in total. The molecule has 1 fully saturated rings. The number of hydrogen-bond donors (Lipinski definition) is 1. The summed E-state index contributed by atoms with van der Waals surface area (Å²) < 4.78 is 32.1. The average molecular weight is 325 g/mol. The number of amides is 2. The van der Waals surface area contributed by atoms with Crippen LogP contribution in [-0.4, -0.2) is 52.4 Å². The third-order valence-electron chi connectivity index (χ3n) is 3.79. The van der Waals surface area contributed by atoms with E-state index < -0.39 is 16.1 Å². The summed E-state index contributed by atoms with van der Waals surface area (Å²) in [5.41, 5.74) is 1.42. The average Bonchev–Trinajstić information content (AvgIpc) is 2.74. The summed E-state index contributed by atoms with van der Waals surface area (Å²) in [6.45, 7) is 0.262. The first kappa shape index (κ1) is 14.6. The number of hydrogen-bond acceptors (Lipinski definition) is 5. The van der Waals surface area contributed by atoms with Crippen molar-refractivity contribution in [2.24, 2.45) is 0 Å². The zero-order chi connectivity index (χ0) is 16.1. The van der Waals surface area contributed by atoms with Crippen molar-refractivity contribution < 1.29 is 22.7 Å². The summed E-state index contributed by atoms with van der Waals surface area (Å²) in [5, 5.41) is 0. The van der Waals surface area contributed by atoms with Crippen LogP contribution in [0.2, 0.25) is 0 Å². The highest BCUT2D eigenvalue weighted by Crippen LogP contribution is 2.36. The molecule has 22 heavy (non-hydrogen) atoms. The topological polar surface area (TPSA) is 96.0 Å². The van der Waals surface area contributed by atoms with Gasteiger partial charge in [0.1, 0.15) is 12.3 Å². The number of anilines is 1. The number of nitrogens with one attached hydrogen (secondary N) is 1. The molecular formula is C13H15N3O5S. The number of carbonyl (C=O) groups excluding carboxylic acids is 2. The van der Waals surface area contributed by atoms with E-state index in [1.807, 2.05) is 4.72 Å². The van der Waals surface area contributed by atoms with Crippen molar-refractivity contribution in [1.82, 2.24) is 9.62 Å². The van der Waals surface area contributed by atoms with Crippen LogP contribution in [0.5, 0.6) is 5.75 Å². The third-order valence-corrected chi connectivity index (χ3v) is 5.18. The summed E-state index contributed by atoms with van der Waals surface area (Å²) in [4.78, 5) is 25.2. The lowest BCUT2D eigenvalue weighted by Crippen LogP contribution is -2.35. The fraction of sp³-hybridized carbons (Fsp3) is 0.385. The third kappa shape index (κ3) is 2.17. The predicted octanol–water partition coefficient (Wildman–Crippen LogP) is -0.496. The Bertz CT molecular complexity index is 774. The first-order valence-electron chi connectivity index (χ1n) is 6.63. The Balaban J connectivity index is 2.16. The molecule has 1 aromatic rings. The molecule has 2 heterocycles. The zero-order valence-electron chi connectivity index (χ0n) is 12.1. The number of ether oxygens (including phenoxy) is 1. The van der Waals surface area contributed by atoms with Crippen LogP contribution >= 0.6 is 0 Å². The van der Waals surface area contributed by atoms with Gasteiger partial charge >= 0.3 is 10.2 Å². The molecule has 0 aliphatic carbocycles. The van der Waals surface area contributed by atoms with Crippen LogP contribution in [0.15, 0.2) is 12.1 Å². The number of carbonyl (C=O) groups is 2. The fourth-order valence-corrected chi connectivity index (χ4v) is 3.78. The van der Waals surface area contributed by atoms with Crippen molar-refractivity contribution in [1.29, 1.82) is 0 Å². The lowest BCUT2D eigenvalue weighted by Gasteiger charge is -2.27. The smallest absolute Gasteiger partial charge is 0.326 e. The standard InChI is InChI=1S/C13H15N3O5S/c1-15-4-3-8-5-11(21-2)10(6-9(8)13(15)18)16-7-12(17)14-22(16,19)20/h5-6H,3-4,7H2,1-2H3,(H,14,17). The molecule has 2 aliphatic rings. The second kappa shape index (κ2) is 4.87. The van der Waals surface area contributed by atoms with Crippen LogP contribution < -0.4 is 13.8 Å². The van der Waals surface area contributed by atoms with Crippen LogP contribution in [0.1, 0.15) is 15.9 Å². The van der Waals surface area contributed by atoms with E-state index in [1.54, 1.807) is 18.0 Å². The SMILES string of the molecule is COc1cc2c(cc1N1CC(=O)NS1(=O)=O)C(=O)N(C)CC2. The van der Waals surface area contributed by atoms with E-state index in [1.165, 1.54) is 13.2 Å². The number of rotatable bonds is 2. The van der Waals surface area contributed by atoms with Gasteiger partial charge in [-0.25, -0.2) is 9.03 Å². The molecule has 9 heteroatoms. The largest absolute Gasteiger partial charge is 0.495 e. The predicted molar refractivity (Wildman–Crippen MR) is 78.1 cm³/mol. The minimum atomic E-state index is -3.95. The number of fused-ring (bicyclic) bond motifs is 1. The lowest BCUT2D eigenvalue weighted by atomic mass is 9.98. The van der Waals surface area contributed by atoms with E-state index in [0.29, 0.717) is 24.3 Å². The summed E-state index contributed by atoms with van der Waals surface area (Å²) in [6, 6.07) is 3.14. The van der Waals surface area contributed by atoms with Gasteiger partial charge in [-0.05, 0) is 24.1 Å². The van der Waals surface area contributed by atoms with Gasteiger partial charge in [-0.15, -0.1) is 0 Å². The maximum Gasteiger partial charge on any atom is 0.326 e. The first-order valence-corrected chi connectivity index (χ1v) is 8.07. The van der Waals surface area contributed by atoms with Crippen LogP contribution in [0.4, 0.5) is 5.69 Å². The van der Waals surface area contributed by atoms with E-state index in [4.69, 9.17) is 4.74 Å². The molecule has 0 unspecified atom stereocenters. The van der Waals surface area contributed by atoms with Gasteiger partial charge in [-0.2, -0.15) is 8.42 Å². The number of benzene rings is 1. The van der Waals surface area contributed by atoms with Crippen molar-refractivity contribution in [3.8, 4) is 5.75 Å². The normalized spacial score (nSPS) is 19.9. The van der Waals surface area contributed by atoms with Gasteiger partial charge in [0.05, 0.1) is 12.8 Å². The maximum absolute atomic E-state index is 12.2. The van der Waals surface area contributed by atoms with Crippen molar-refractivity contribution >= 4 is 27.7 Å². The van der Waals surface area contributed by atoms with Crippen molar-refractivity contribution in [3.05, 3.63) is 23.3 Å². The number of nitrogens with zero attached hydrogens (tertiary/aromatic N) is 2. The molecule has 2 aliphatic heterocycles. The van der Waals surface area contributed by atoms with Crippen LogP contribution in [-0.2, 0) is 21.4 Å². The highest BCUT2D eigenvalue weighted by Gasteiger charge is 2.37. The zero-order valence-corrected chi connectivity index (χ0v) is 12.9. The van der Waals surface area contributed by atoms with Crippen LogP contribution in [0.25, 0.3) is 0 Å². The van der Waals surface area contributed by atoms with Gasteiger partial charge in [0, 0.05) is 19.2 Å². The molecule has 0 saturated carbocycles. The monoisotopic (exact) mass is 325 g/mol. The van der Waals surface area contributed by atoms with E-state index in [2.05, 4.69) is 0 Å². The van der Waals surface area contributed by atoms with Crippen LogP contribution in [0.3, 0.4) is 0 Å². The van der Waals surface area contributed by atoms with Gasteiger partial charge in [0.25, 0.3) is 11.8 Å². The van der Waals surface area contributed by atoms with Crippen LogP contribution in [0, 0.1) is 0 Å². The minimum Gasteiger partial charge on any atom is -0.495 e. The Morgan fingerprint density at radius 2 is 2.00 bits per heavy atom. The minimum absolute atomic E-state index is 0.180. The number of likely N-dealkylation sites (N-methyl/N-ethyl adjacent to an activating group) is 1. The van der Waals surface area contributed by atoms with E-state index >= 15 is 0 Å². The highest BCUT2D eigenvalue weighted by molar-refractivity contribution is 7.92. The summed E-state index contributed by atoms with van der Waals surface area (Å²) in [7, 11) is -0.847. The molecule has 0 atom stereocenters. The Kier molecular flexibility index (Phi) is 3.24. The van der Waals surface area contributed by atoms with Gasteiger partial charge in [0.2, 0.25) is 0 Å². The molecule has 0 radical (unpaired) electrons. The molecule has 118 valence electrons. The fourth-order valence-electron chi connectivity index (χ4n) is 2.63. The molecule has 0 bridgehead atoms. The van der Waals surface area contributed by atoms with E-state index in [-0.39, 0.29) is 18.1 Å². The quantitative estimate of drug-likeness (QED) is 0.791. The highest BCUT2D eigenvalue weighted by atomic mass is 32.2. The van der Waals surface area contributed by atoms with Crippen molar-refractivity contribution in [3.63, 3.8) is 0 Å². The number of methoxy groups -OCH3 is 1. The molecule has 0 aromatic heterocycles. The summed E-state index contributed by atoms with van der Waals surface area (Å²) in [6.07, 6.45) is 0.665. The second-order valence-corrected chi connectivity index (χ2v) is 6.79. The van der Waals surface area contributed by atoms with E-state index in [9.17, 15) is 18.0 Å². The van der Waals surface area contributed by atoms with Gasteiger partial charge in [0.15, 0.2) is 0 Å².